The van der Waals surface area contributed by atoms with Crippen LogP contribution in [-0.4, -0.2) is 94.8 Å². The minimum absolute atomic E-state index is 0.0462. The summed E-state index contributed by atoms with van der Waals surface area (Å²) in [6.07, 6.45) is 5.11. The molecular formula is C26H37N9O9. The van der Waals surface area contributed by atoms with Crippen molar-refractivity contribution in [1.82, 2.24) is 34.6 Å². The van der Waals surface area contributed by atoms with E-state index in [1.54, 1.807) is 25.7 Å². The summed E-state index contributed by atoms with van der Waals surface area (Å²) in [5, 5.41) is 25.8. The van der Waals surface area contributed by atoms with E-state index in [9.17, 15) is 43.9 Å². The molecule has 0 aliphatic rings. The zero-order valence-electron chi connectivity index (χ0n) is 24.6. The molecule has 0 saturated heterocycles. The zero-order chi connectivity index (χ0) is 33.0. The fourth-order valence-corrected chi connectivity index (χ4v) is 3.91. The number of imidazole rings is 2. The normalized spacial score (nSPS) is 12.7. The number of amides is 3. The largest absolute Gasteiger partial charge is 0.480 e. The van der Waals surface area contributed by atoms with Crippen LogP contribution in [0.15, 0.2) is 30.0 Å². The molecule has 0 bridgehead atoms. The fraction of sp³-hybridized carbons (Fsp3) is 0.538. The first-order chi connectivity index (χ1) is 20.6. The fourth-order valence-electron chi connectivity index (χ4n) is 3.91. The van der Waals surface area contributed by atoms with Gasteiger partial charge in [0.25, 0.3) is 0 Å². The highest BCUT2D eigenvalue weighted by Crippen LogP contribution is 2.17. The summed E-state index contributed by atoms with van der Waals surface area (Å²) in [7, 11) is 0. The summed E-state index contributed by atoms with van der Waals surface area (Å²) in [4.78, 5) is 92.8. The number of carbonyl (C=O) groups excluding carboxylic acids is 4. The quantitative estimate of drug-likeness (QED) is 0.117. The number of nitrogens with one attached hydrogen (secondary N) is 2. The monoisotopic (exact) mass is 619 g/mol. The van der Waals surface area contributed by atoms with Crippen molar-refractivity contribution in [2.45, 2.75) is 71.9 Å². The highest BCUT2D eigenvalue weighted by Gasteiger charge is 2.27. The molecule has 2 atom stereocenters. The van der Waals surface area contributed by atoms with Crippen LogP contribution in [0.25, 0.3) is 0 Å². The summed E-state index contributed by atoms with van der Waals surface area (Å²) in [5.74, 6) is -4.37. The van der Waals surface area contributed by atoms with Crippen LogP contribution in [0.1, 0.15) is 45.3 Å². The molecule has 18 nitrogen and oxygen atoms in total. The summed E-state index contributed by atoms with van der Waals surface area (Å²) in [6.45, 7) is 4.41. The molecule has 2 aromatic rings. The Hall–Kier alpha value is -5.00. The Labute approximate surface area is 252 Å². The SMILES string of the molecule is CC(C)(C)C(=O)CN(Cc1nccn1CC(=O)N[C@@H](CCN=O)C(=O)O)Cc1nccn1CC(=O)N[C@@H](CC(N)=O)C(=O)O. The van der Waals surface area contributed by atoms with Gasteiger partial charge in [-0.2, -0.15) is 4.91 Å². The number of nitrogens with zero attached hydrogens (tertiary/aromatic N) is 6. The molecule has 0 aromatic carbocycles. The number of primary amides is 1. The number of Topliss-reactive ketones (excluding diaryl/α,β-unsaturated/α-hetero) is 1. The number of aliphatic carboxylic acids is 2. The number of rotatable bonds is 19. The van der Waals surface area contributed by atoms with Crippen molar-refractivity contribution in [3.05, 3.63) is 41.3 Å². The first kappa shape index (κ1) is 35.2. The summed E-state index contributed by atoms with van der Waals surface area (Å²) in [6, 6.07) is -2.80. The minimum atomic E-state index is -1.50. The van der Waals surface area contributed by atoms with E-state index < -0.39 is 53.6 Å². The topological polar surface area (TPSA) is 261 Å². The standard InChI is InChI=1S/C26H37N9O9/c1-26(2,3)18(36)11-33(12-20-28-6-8-34(20)14-22(38)31-16(24(40)41)4-5-30-44)13-21-29-7-9-35(21)15-23(39)32-17(25(42)43)10-19(27)37/h6-9,16-17H,4-5,10-15H2,1-3H3,(H2,27,37)(H,31,38)(H,32,39)(H,40,41)(H,42,43)/t16-,17-/m0/s1. The van der Waals surface area contributed by atoms with Crippen LogP contribution < -0.4 is 16.4 Å². The molecule has 0 radical (unpaired) electrons. The molecule has 0 saturated carbocycles. The smallest absolute Gasteiger partial charge is 0.326 e. The number of nitrogens with two attached hydrogens (primary N) is 1. The Morgan fingerprint density at radius 3 is 1.80 bits per heavy atom. The highest BCUT2D eigenvalue weighted by atomic mass is 16.4. The van der Waals surface area contributed by atoms with E-state index in [0.717, 1.165) is 0 Å². The molecule has 0 fully saturated rings. The lowest BCUT2D eigenvalue weighted by molar-refractivity contribution is -0.143. The maximum atomic E-state index is 13.0. The van der Waals surface area contributed by atoms with E-state index in [0.29, 0.717) is 11.6 Å². The van der Waals surface area contributed by atoms with E-state index in [2.05, 4.69) is 25.8 Å². The van der Waals surface area contributed by atoms with Gasteiger partial charge in [0.15, 0.2) is 5.78 Å². The average Bonchev–Trinajstić information content (AvgIpc) is 3.53. The second-order valence-electron chi connectivity index (χ2n) is 11.0. The molecule has 18 heteroatoms. The summed E-state index contributed by atoms with van der Waals surface area (Å²) >= 11 is 0. The average molecular weight is 620 g/mol. The molecule has 0 spiro atoms. The van der Waals surface area contributed by atoms with E-state index in [1.807, 2.05) is 0 Å². The van der Waals surface area contributed by atoms with Crippen LogP contribution in [0.5, 0.6) is 0 Å². The van der Waals surface area contributed by atoms with Gasteiger partial charge in [-0.25, -0.2) is 19.6 Å². The molecule has 44 heavy (non-hydrogen) atoms. The van der Waals surface area contributed by atoms with E-state index in [4.69, 9.17) is 5.73 Å². The third kappa shape index (κ3) is 11.3. The molecule has 2 heterocycles. The molecule has 240 valence electrons. The van der Waals surface area contributed by atoms with Crippen LogP contribution in [0, 0.1) is 10.3 Å². The van der Waals surface area contributed by atoms with E-state index in [-0.39, 0.29) is 51.5 Å². The van der Waals surface area contributed by atoms with Crippen LogP contribution >= 0.6 is 0 Å². The third-order valence-corrected chi connectivity index (χ3v) is 6.35. The number of ketones is 1. The van der Waals surface area contributed by atoms with Gasteiger partial charge in [0.1, 0.15) is 36.8 Å². The van der Waals surface area contributed by atoms with Crippen molar-refractivity contribution < 1.29 is 39.0 Å². The Kier molecular flexibility index (Phi) is 12.8. The van der Waals surface area contributed by atoms with Crippen molar-refractivity contribution in [2.75, 3.05) is 13.1 Å². The maximum absolute atomic E-state index is 13.0. The van der Waals surface area contributed by atoms with Crippen molar-refractivity contribution in [3.63, 3.8) is 0 Å². The highest BCUT2D eigenvalue weighted by molar-refractivity contribution is 5.88. The number of carbonyl (C=O) groups is 6. The molecule has 0 aliphatic carbocycles. The minimum Gasteiger partial charge on any atom is -0.480 e. The zero-order valence-corrected chi connectivity index (χ0v) is 24.6. The Bertz CT molecular complexity index is 1360. The van der Waals surface area contributed by atoms with Crippen LogP contribution in [0.4, 0.5) is 0 Å². The number of hydrogen-bond acceptors (Lipinski definition) is 11. The van der Waals surface area contributed by atoms with Gasteiger partial charge in [0.05, 0.1) is 32.6 Å². The first-order valence-electron chi connectivity index (χ1n) is 13.5. The molecule has 2 rings (SSSR count). The number of carboxylic acid groups (broad SMARTS) is 2. The molecule has 6 N–H and O–H groups in total. The maximum Gasteiger partial charge on any atom is 0.326 e. The van der Waals surface area contributed by atoms with Gasteiger partial charge in [-0.05, 0) is 0 Å². The molecule has 2 aromatic heterocycles. The number of hydrogen-bond donors (Lipinski definition) is 5. The van der Waals surface area contributed by atoms with Gasteiger partial charge in [0, 0.05) is 36.6 Å². The van der Waals surface area contributed by atoms with E-state index in [1.165, 1.54) is 33.9 Å². The van der Waals surface area contributed by atoms with Gasteiger partial charge in [-0.3, -0.25) is 24.1 Å². The molecular weight excluding hydrogens is 582 g/mol. The van der Waals surface area contributed by atoms with Crippen molar-refractivity contribution in [3.8, 4) is 0 Å². The lowest BCUT2D eigenvalue weighted by Crippen LogP contribution is -2.44. The number of aromatic nitrogens is 4. The van der Waals surface area contributed by atoms with Crippen LogP contribution in [0.3, 0.4) is 0 Å². The van der Waals surface area contributed by atoms with Gasteiger partial charge >= 0.3 is 11.9 Å². The Morgan fingerprint density at radius 2 is 1.39 bits per heavy atom. The van der Waals surface area contributed by atoms with Gasteiger partial charge < -0.3 is 35.7 Å². The van der Waals surface area contributed by atoms with Gasteiger partial charge in [-0.15, -0.1) is 0 Å². The van der Waals surface area contributed by atoms with Crippen molar-refractivity contribution in [2.24, 2.45) is 16.3 Å². The van der Waals surface area contributed by atoms with Crippen molar-refractivity contribution >= 4 is 35.4 Å². The molecule has 0 unspecified atom stereocenters. The Morgan fingerprint density at radius 1 is 0.909 bits per heavy atom. The Balaban J connectivity index is 2.22. The predicted octanol–water partition coefficient (Wildman–Crippen LogP) is -1.13. The van der Waals surface area contributed by atoms with Crippen molar-refractivity contribution in [1.29, 1.82) is 0 Å². The van der Waals surface area contributed by atoms with Crippen LogP contribution in [-0.2, 0) is 54.9 Å². The van der Waals surface area contributed by atoms with Gasteiger partial charge in [0.2, 0.25) is 17.7 Å². The number of nitroso groups, excluding NO2 is 1. The van der Waals surface area contributed by atoms with E-state index >= 15 is 0 Å². The first-order valence-corrected chi connectivity index (χ1v) is 13.5. The number of carboxylic acids is 2. The lowest BCUT2D eigenvalue weighted by Gasteiger charge is -2.26. The summed E-state index contributed by atoms with van der Waals surface area (Å²) < 4.78 is 2.93. The third-order valence-electron chi connectivity index (χ3n) is 6.35. The predicted molar refractivity (Wildman–Crippen MR) is 151 cm³/mol. The second kappa shape index (κ2) is 16.0. The lowest BCUT2D eigenvalue weighted by atomic mass is 9.90. The second-order valence-corrected chi connectivity index (χ2v) is 11.0. The van der Waals surface area contributed by atoms with Crippen LogP contribution in [0.2, 0.25) is 0 Å². The molecule has 0 aliphatic heterocycles. The van der Waals surface area contributed by atoms with Gasteiger partial charge in [-0.1, -0.05) is 25.9 Å². The summed E-state index contributed by atoms with van der Waals surface area (Å²) in [5.41, 5.74) is 4.37. The molecule has 3 amide bonds.